The number of fused-ring (bicyclic) bond motifs is 1. The summed E-state index contributed by atoms with van der Waals surface area (Å²) in [5.41, 5.74) is 2.55. The average molecular weight is 496 g/mol. The van der Waals surface area contributed by atoms with Gasteiger partial charge >= 0.3 is 6.09 Å². The largest absolute Gasteiger partial charge is 0.444 e. The monoisotopic (exact) mass is 495 g/mol. The lowest BCUT2D eigenvalue weighted by Gasteiger charge is -2.24. The molecule has 1 saturated heterocycles. The fourth-order valence-corrected chi connectivity index (χ4v) is 4.17. The van der Waals surface area contributed by atoms with E-state index >= 15 is 0 Å². The van der Waals surface area contributed by atoms with E-state index in [0.29, 0.717) is 48.0 Å². The molecule has 1 aliphatic rings. The Hall–Kier alpha value is -3.57. The zero-order chi connectivity index (χ0) is 25.2. The molecule has 1 aromatic heterocycles. The predicted octanol–water partition coefficient (Wildman–Crippen LogP) is 6.31. The maximum atomic E-state index is 13.6. The van der Waals surface area contributed by atoms with Crippen LogP contribution in [0.4, 0.5) is 26.2 Å². The zero-order valence-corrected chi connectivity index (χ0v) is 20.6. The summed E-state index contributed by atoms with van der Waals surface area (Å²) >= 11 is 5.93. The number of anilines is 3. The number of amides is 1. The van der Waals surface area contributed by atoms with Gasteiger partial charge in [-0.2, -0.15) is 5.26 Å². The van der Waals surface area contributed by atoms with Gasteiger partial charge in [-0.15, -0.1) is 0 Å². The summed E-state index contributed by atoms with van der Waals surface area (Å²) in [6, 6.07) is 12.2. The second-order valence-corrected chi connectivity index (χ2v) is 10.0. The van der Waals surface area contributed by atoms with Crippen molar-refractivity contribution < 1.29 is 13.9 Å². The van der Waals surface area contributed by atoms with E-state index in [1.165, 1.54) is 18.3 Å². The van der Waals surface area contributed by atoms with Gasteiger partial charge in [0.1, 0.15) is 17.5 Å². The highest BCUT2D eigenvalue weighted by Gasteiger charge is 2.29. The second-order valence-electron chi connectivity index (χ2n) is 9.61. The molecular formula is C26H27ClFN5O2. The van der Waals surface area contributed by atoms with E-state index in [9.17, 15) is 14.4 Å². The lowest BCUT2D eigenvalue weighted by atomic mass is 10.1. The van der Waals surface area contributed by atoms with Crippen molar-refractivity contribution in [2.75, 3.05) is 30.3 Å². The number of pyridine rings is 1. The van der Waals surface area contributed by atoms with Crippen LogP contribution in [-0.2, 0) is 4.74 Å². The SMILES string of the molecule is CC(C)(C)OC(=O)N1CCC(CNc2ccc3ncc(C#N)c(Nc4ccc(F)c(Cl)c4)c3c2)C1. The van der Waals surface area contributed by atoms with Crippen LogP contribution in [0.15, 0.2) is 42.6 Å². The van der Waals surface area contributed by atoms with Crippen molar-refractivity contribution in [1.29, 1.82) is 5.26 Å². The van der Waals surface area contributed by atoms with Crippen LogP contribution in [0.25, 0.3) is 10.9 Å². The lowest BCUT2D eigenvalue weighted by molar-refractivity contribution is 0.0289. The van der Waals surface area contributed by atoms with E-state index < -0.39 is 11.4 Å². The number of halogens is 2. The summed E-state index contributed by atoms with van der Waals surface area (Å²) in [6.45, 7) is 7.57. The van der Waals surface area contributed by atoms with Gasteiger partial charge in [0, 0.05) is 42.6 Å². The minimum absolute atomic E-state index is 0.00814. The number of nitrogens with one attached hydrogen (secondary N) is 2. The van der Waals surface area contributed by atoms with Crippen molar-refractivity contribution in [3.05, 3.63) is 59.0 Å². The maximum Gasteiger partial charge on any atom is 0.410 e. The number of benzene rings is 2. The Morgan fingerprint density at radius 2 is 2.06 bits per heavy atom. The van der Waals surface area contributed by atoms with Crippen molar-refractivity contribution in [2.24, 2.45) is 5.92 Å². The maximum absolute atomic E-state index is 13.6. The third kappa shape index (κ3) is 5.92. The third-order valence-electron chi connectivity index (χ3n) is 5.71. The molecule has 1 atom stereocenters. The highest BCUT2D eigenvalue weighted by atomic mass is 35.5. The van der Waals surface area contributed by atoms with Crippen molar-refractivity contribution in [1.82, 2.24) is 9.88 Å². The molecule has 0 saturated carbocycles. The average Bonchev–Trinajstić information content (AvgIpc) is 3.28. The number of rotatable bonds is 5. The molecule has 0 radical (unpaired) electrons. The highest BCUT2D eigenvalue weighted by molar-refractivity contribution is 6.31. The molecule has 0 aliphatic carbocycles. The van der Waals surface area contributed by atoms with Crippen LogP contribution >= 0.6 is 11.6 Å². The van der Waals surface area contributed by atoms with Gasteiger partial charge < -0.3 is 20.3 Å². The van der Waals surface area contributed by atoms with Gasteiger partial charge in [0.25, 0.3) is 0 Å². The summed E-state index contributed by atoms with van der Waals surface area (Å²) in [6.07, 6.45) is 2.11. The van der Waals surface area contributed by atoms with Crippen molar-refractivity contribution in [3.63, 3.8) is 0 Å². The van der Waals surface area contributed by atoms with E-state index in [4.69, 9.17) is 16.3 Å². The smallest absolute Gasteiger partial charge is 0.410 e. The lowest BCUT2D eigenvalue weighted by Crippen LogP contribution is -2.35. The number of nitrogens with zero attached hydrogens (tertiary/aromatic N) is 3. The molecule has 1 amide bonds. The van der Waals surface area contributed by atoms with Gasteiger partial charge in [-0.25, -0.2) is 9.18 Å². The Balaban J connectivity index is 1.50. The number of hydrogen-bond acceptors (Lipinski definition) is 6. The van der Waals surface area contributed by atoms with Gasteiger partial charge in [-0.05, 0) is 69.5 Å². The van der Waals surface area contributed by atoms with Crippen LogP contribution in [0.2, 0.25) is 5.02 Å². The minimum atomic E-state index is -0.514. The first kappa shape index (κ1) is 24.6. The molecule has 1 unspecified atom stereocenters. The van der Waals surface area contributed by atoms with Gasteiger partial charge in [0.05, 0.1) is 21.8 Å². The molecule has 2 heterocycles. The van der Waals surface area contributed by atoms with Crippen LogP contribution in [-0.4, -0.2) is 41.2 Å². The van der Waals surface area contributed by atoms with Crippen LogP contribution in [0.1, 0.15) is 32.8 Å². The summed E-state index contributed by atoms with van der Waals surface area (Å²) in [4.78, 5) is 18.5. The summed E-state index contributed by atoms with van der Waals surface area (Å²) in [5.74, 6) is -0.221. The Kier molecular flexibility index (Phi) is 6.99. The predicted molar refractivity (Wildman–Crippen MR) is 136 cm³/mol. The fraction of sp³-hybridized carbons (Fsp3) is 0.346. The molecule has 9 heteroatoms. The molecular weight excluding hydrogens is 469 g/mol. The third-order valence-corrected chi connectivity index (χ3v) is 6.00. The molecule has 7 nitrogen and oxygen atoms in total. The van der Waals surface area contributed by atoms with Gasteiger partial charge in [-0.1, -0.05) is 11.6 Å². The van der Waals surface area contributed by atoms with Gasteiger partial charge in [-0.3, -0.25) is 4.98 Å². The molecule has 0 bridgehead atoms. The zero-order valence-electron chi connectivity index (χ0n) is 19.9. The molecule has 35 heavy (non-hydrogen) atoms. The highest BCUT2D eigenvalue weighted by Crippen LogP contribution is 2.32. The van der Waals surface area contributed by atoms with E-state index in [0.717, 1.165) is 17.5 Å². The van der Waals surface area contributed by atoms with E-state index in [1.807, 2.05) is 39.0 Å². The van der Waals surface area contributed by atoms with Crippen LogP contribution < -0.4 is 10.6 Å². The molecule has 1 fully saturated rings. The molecule has 1 aliphatic heterocycles. The van der Waals surface area contributed by atoms with Crippen LogP contribution in [0.5, 0.6) is 0 Å². The molecule has 182 valence electrons. The van der Waals surface area contributed by atoms with Gasteiger partial charge in [0.2, 0.25) is 0 Å². The first-order valence-corrected chi connectivity index (χ1v) is 11.8. The summed E-state index contributed by atoms with van der Waals surface area (Å²) < 4.78 is 19.1. The standard InChI is InChI=1S/C26H27ClFN5O2/c1-26(2,3)35-25(34)33-9-8-16(15-33)13-30-18-5-7-23-20(10-18)24(17(12-29)14-31-23)32-19-4-6-22(28)21(27)11-19/h4-7,10-11,14,16,30H,8-9,13,15H2,1-3H3,(H,31,32). The first-order valence-electron chi connectivity index (χ1n) is 11.4. The van der Waals surface area contributed by atoms with Crippen LogP contribution in [0, 0.1) is 23.1 Å². The molecule has 3 aromatic rings. The van der Waals surface area contributed by atoms with E-state index in [-0.39, 0.29) is 11.1 Å². The number of nitriles is 1. The number of carbonyl (C=O) groups excluding carboxylic acids is 1. The Labute approximate surface area is 208 Å². The number of ether oxygens (including phenoxy) is 1. The van der Waals surface area contributed by atoms with E-state index in [1.54, 1.807) is 11.0 Å². The minimum Gasteiger partial charge on any atom is -0.444 e. The van der Waals surface area contributed by atoms with Crippen molar-refractivity contribution in [2.45, 2.75) is 32.8 Å². The van der Waals surface area contributed by atoms with Crippen molar-refractivity contribution in [3.8, 4) is 6.07 Å². The topological polar surface area (TPSA) is 90.3 Å². The van der Waals surface area contributed by atoms with Crippen molar-refractivity contribution >= 4 is 45.7 Å². The number of likely N-dealkylation sites (tertiary alicyclic amines) is 1. The number of carbonyl (C=O) groups is 1. The van der Waals surface area contributed by atoms with Gasteiger partial charge in [0.15, 0.2) is 0 Å². The first-order chi connectivity index (χ1) is 16.6. The second kappa shape index (κ2) is 9.96. The molecule has 0 spiro atoms. The Morgan fingerprint density at radius 3 is 2.77 bits per heavy atom. The van der Waals surface area contributed by atoms with Crippen LogP contribution in [0.3, 0.4) is 0 Å². The molecule has 2 N–H and O–H groups in total. The Morgan fingerprint density at radius 1 is 1.29 bits per heavy atom. The number of aromatic nitrogens is 1. The normalized spacial score (nSPS) is 15.7. The quantitative estimate of drug-likeness (QED) is 0.431. The molecule has 4 rings (SSSR count). The fourth-order valence-electron chi connectivity index (χ4n) is 3.99. The summed E-state index contributed by atoms with van der Waals surface area (Å²) in [5, 5.41) is 17.0. The van der Waals surface area contributed by atoms with E-state index in [2.05, 4.69) is 21.7 Å². The Bertz CT molecular complexity index is 1300. The summed E-state index contributed by atoms with van der Waals surface area (Å²) in [7, 11) is 0. The molecule has 2 aromatic carbocycles. The number of hydrogen-bond donors (Lipinski definition) is 2.